The van der Waals surface area contributed by atoms with Crippen molar-refractivity contribution in [2.24, 2.45) is 11.8 Å². The maximum Gasteiger partial charge on any atom is 0.328 e. The molecule has 7 heteroatoms. The Morgan fingerprint density at radius 2 is 1.90 bits per heavy atom. The molecule has 20 heavy (non-hydrogen) atoms. The second-order valence-corrected chi connectivity index (χ2v) is 5.09. The normalized spacial score (nSPS) is 12.2. The van der Waals surface area contributed by atoms with Crippen LogP contribution in [0, 0.1) is 19.8 Å². The number of nitrogens with two attached hydrogens (primary N) is 1. The summed E-state index contributed by atoms with van der Waals surface area (Å²) in [6, 6.07) is -0.446. The molecule has 1 aromatic heterocycles. The van der Waals surface area contributed by atoms with E-state index in [2.05, 4.69) is 20.7 Å². The molecule has 0 aliphatic heterocycles. The van der Waals surface area contributed by atoms with Crippen LogP contribution in [0.1, 0.15) is 31.7 Å². The number of esters is 1. The summed E-state index contributed by atoms with van der Waals surface area (Å²) in [5.41, 5.74) is 3.29. The van der Waals surface area contributed by atoms with Crippen molar-refractivity contribution < 1.29 is 9.53 Å². The molecule has 112 valence electrons. The Labute approximate surface area is 119 Å². The molecule has 0 saturated heterocycles. The van der Waals surface area contributed by atoms with Gasteiger partial charge in [-0.1, -0.05) is 13.8 Å². The van der Waals surface area contributed by atoms with E-state index in [0.717, 1.165) is 5.56 Å². The second-order valence-electron chi connectivity index (χ2n) is 5.09. The van der Waals surface area contributed by atoms with E-state index in [0.29, 0.717) is 29.8 Å². The maximum absolute atomic E-state index is 11.8. The van der Waals surface area contributed by atoms with Gasteiger partial charge >= 0.3 is 5.97 Å². The number of carbonyl (C=O) groups is 1. The summed E-state index contributed by atoms with van der Waals surface area (Å²) in [4.78, 5) is 20.3. The van der Waals surface area contributed by atoms with E-state index in [4.69, 9.17) is 10.6 Å². The lowest BCUT2D eigenvalue weighted by atomic mass is 10.0. The van der Waals surface area contributed by atoms with Crippen molar-refractivity contribution in [1.29, 1.82) is 0 Å². The Kier molecular flexibility index (Phi) is 5.69. The van der Waals surface area contributed by atoms with Crippen molar-refractivity contribution in [2.75, 3.05) is 17.9 Å². The van der Waals surface area contributed by atoms with Crippen LogP contribution in [0.25, 0.3) is 0 Å². The zero-order valence-electron chi connectivity index (χ0n) is 12.7. The van der Waals surface area contributed by atoms with Gasteiger partial charge in [0.15, 0.2) is 0 Å². The maximum atomic E-state index is 11.8. The van der Waals surface area contributed by atoms with Gasteiger partial charge in [-0.2, -0.15) is 0 Å². The fraction of sp³-hybridized carbons (Fsp3) is 0.615. The molecule has 7 nitrogen and oxygen atoms in total. The predicted octanol–water partition coefficient (Wildman–Crippen LogP) is 1.38. The fourth-order valence-corrected chi connectivity index (χ4v) is 1.90. The van der Waals surface area contributed by atoms with Crippen LogP contribution in [0.5, 0.6) is 0 Å². The van der Waals surface area contributed by atoms with E-state index >= 15 is 0 Å². The van der Waals surface area contributed by atoms with Gasteiger partial charge < -0.3 is 15.5 Å². The first-order valence-electron chi connectivity index (χ1n) is 6.55. The highest BCUT2D eigenvalue weighted by Gasteiger charge is 2.22. The highest BCUT2D eigenvalue weighted by Crippen LogP contribution is 2.21. The minimum absolute atomic E-state index is 0.309. The van der Waals surface area contributed by atoms with Gasteiger partial charge in [0.2, 0.25) is 0 Å². The van der Waals surface area contributed by atoms with Gasteiger partial charge in [0.1, 0.15) is 23.5 Å². The number of aryl methyl sites for hydroxylation is 1. The molecule has 0 aromatic carbocycles. The number of aromatic nitrogens is 2. The van der Waals surface area contributed by atoms with E-state index in [-0.39, 0.29) is 5.97 Å². The molecule has 1 unspecified atom stereocenters. The standard InChI is InChI=1S/C13H23N5O2/c1-7(2)6-10(13(19)20-5)17-11-8(3)12(18-14)16-9(4)15-11/h7,10H,6,14H2,1-5H3,(H2,15,16,17,18). The summed E-state index contributed by atoms with van der Waals surface area (Å²) in [6.45, 7) is 7.69. The molecule has 0 aliphatic carbocycles. The minimum Gasteiger partial charge on any atom is -0.467 e. The number of rotatable bonds is 6. The molecule has 1 rings (SSSR count). The number of nitrogens with zero attached hydrogens (tertiary/aromatic N) is 2. The molecule has 0 radical (unpaired) electrons. The summed E-state index contributed by atoms with van der Waals surface area (Å²) in [5.74, 6) is 7.16. The van der Waals surface area contributed by atoms with Gasteiger partial charge in [-0.25, -0.2) is 20.6 Å². The number of carbonyl (C=O) groups excluding carboxylic acids is 1. The Bertz CT molecular complexity index is 476. The van der Waals surface area contributed by atoms with Gasteiger partial charge in [-0.3, -0.25) is 0 Å². The van der Waals surface area contributed by atoms with Crippen molar-refractivity contribution in [3.05, 3.63) is 11.4 Å². The lowest BCUT2D eigenvalue weighted by molar-refractivity contribution is -0.141. The van der Waals surface area contributed by atoms with E-state index in [1.807, 2.05) is 20.8 Å². The highest BCUT2D eigenvalue weighted by molar-refractivity contribution is 5.79. The summed E-state index contributed by atoms with van der Waals surface area (Å²) < 4.78 is 4.83. The number of ether oxygens (including phenoxy) is 1. The van der Waals surface area contributed by atoms with Crippen LogP contribution in [0.2, 0.25) is 0 Å². The number of nitrogens with one attached hydrogen (secondary N) is 2. The number of hydrazine groups is 1. The van der Waals surface area contributed by atoms with Crippen LogP contribution in [0.3, 0.4) is 0 Å². The molecule has 4 N–H and O–H groups in total. The van der Waals surface area contributed by atoms with Crippen molar-refractivity contribution in [1.82, 2.24) is 9.97 Å². The Hall–Kier alpha value is -1.89. The van der Waals surface area contributed by atoms with Crippen molar-refractivity contribution >= 4 is 17.6 Å². The fourth-order valence-electron chi connectivity index (χ4n) is 1.90. The molecule has 1 heterocycles. The minimum atomic E-state index is -0.446. The second kappa shape index (κ2) is 7.04. The zero-order valence-corrected chi connectivity index (χ0v) is 12.7. The van der Waals surface area contributed by atoms with Gasteiger partial charge in [-0.15, -0.1) is 0 Å². The molecule has 0 saturated carbocycles. The quantitative estimate of drug-likeness (QED) is 0.411. The highest BCUT2D eigenvalue weighted by atomic mass is 16.5. The van der Waals surface area contributed by atoms with Crippen LogP contribution in [0.15, 0.2) is 0 Å². The Morgan fingerprint density at radius 3 is 2.40 bits per heavy atom. The van der Waals surface area contributed by atoms with Crippen molar-refractivity contribution in [3.8, 4) is 0 Å². The van der Waals surface area contributed by atoms with E-state index in [1.165, 1.54) is 7.11 Å². The Morgan fingerprint density at radius 1 is 1.30 bits per heavy atom. The summed E-state index contributed by atoms with van der Waals surface area (Å²) in [6.07, 6.45) is 0.653. The van der Waals surface area contributed by atoms with E-state index in [9.17, 15) is 4.79 Å². The smallest absolute Gasteiger partial charge is 0.328 e. The molecule has 0 aliphatic rings. The third-order valence-corrected chi connectivity index (χ3v) is 2.90. The van der Waals surface area contributed by atoms with Crippen LogP contribution in [0.4, 0.5) is 11.6 Å². The molecular weight excluding hydrogens is 258 g/mol. The SMILES string of the molecule is COC(=O)C(CC(C)C)Nc1nc(C)nc(NN)c1C. The number of anilines is 2. The lowest BCUT2D eigenvalue weighted by Gasteiger charge is -2.20. The van der Waals surface area contributed by atoms with Crippen LogP contribution < -0.4 is 16.6 Å². The number of hydrogen-bond acceptors (Lipinski definition) is 7. The number of methoxy groups -OCH3 is 1. The van der Waals surface area contributed by atoms with Crippen LogP contribution in [-0.2, 0) is 9.53 Å². The monoisotopic (exact) mass is 281 g/mol. The summed E-state index contributed by atoms with van der Waals surface area (Å²) >= 11 is 0. The first-order chi connectivity index (χ1) is 9.38. The van der Waals surface area contributed by atoms with Gasteiger partial charge in [0.25, 0.3) is 0 Å². The number of nitrogen functional groups attached to an aromatic ring is 1. The molecule has 0 fully saturated rings. The van der Waals surface area contributed by atoms with Gasteiger partial charge in [0, 0.05) is 5.56 Å². The predicted molar refractivity (Wildman–Crippen MR) is 78.2 cm³/mol. The first kappa shape index (κ1) is 16.2. The molecule has 0 amide bonds. The van der Waals surface area contributed by atoms with E-state index < -0.39 is 6.04 Å². The van der Waals surface area contributed by atoms with Crippen molar-refractivity contribution in [2.45, 2.75) is 40.2 Å². The summed E-state index contributed by atoms with van der Waals surface area (Å²) in [5, 5.41) is 3.12. The Balaban J connectivity index is 3.04. The average Bonchev–Trinajstić information content (AvgIpc) is 2.40. The van der Waals surface area contributed by atoms with Crippen LogP contribution in [-0.4, -0.2) is 29.1 Å². The average molecular weight is 281 g/mol. The van der Waals surface area contributed by atoms with Gasteiger partial charge in [0.05, 0.1) is 7.11 Å². The summed E-state index contributed by atoms with van der Waals surface area (Å²) in [7, 11) is 1.38. The molecule has 1 atom stereocenters. The van der Waals surface area contributed by atoms with Crippen molar-refractivity contribution in [3.63, 3.8) is 0 Å². The third-order valence-electron chi connectivity index (χ3n) is 2.90. The first-order valence-corrected chi connectivity index (χ1v) is 6.55. The molecule has 0 bridgehead atoms. The zero-order chi connectivity index (χ0) is 15.3. The number of hydrogen-bond donors (Lipinski definition) is 3. The largest absolute Gasteiger partial charge is 0.467 e. The van der Waals surface area contributed by atoms with E-state index in [1.54, 1.807) is 6.92 Å². The molecular formula is C13H23N5O2. The van der Waals surface area contributed by atoms with Gasteiger partial charge in [-0.05, 0) is 26.2 Å². The lowest BCUT2D eigenvalue weighted by Crippen LogP contribution is -2.33. The molecule has 0 spiro atoms. The van der Waals surface area contributed by atoms with Crippen LogP contribution >= 0.6 is 0 Å². The molecule has 1 aromatic rings. The third kappa shape index (κ3) is 4.06. The topological polar surface area (TPSA) is 102 Å².